The van der Waals surface area contributed by atoms with Gasteiger partial charge in [0.1, 0.15) is 18.5 Å². The topological polar surface area (TPSA) is 73.3 Å². The Bertz CT molecular complexity index is 1250. The Labute approximate surface area is 229 Å². The van der Waals surface area contributed by atoms with Crippen molar-refractivity contribution in [2.45, 2.75) is 12.5 Å². The second-order valence-electron chi connectivity index (χ2n) is 9.68. The summed E-state index contributed by atoms with van der Waals surface area (Å²) < 4.78 is 5.88. The van der Waals surface area contributed by atoms with Crippen LogP contribution in [0.2, 0.25) is 0 Å². The van der Waals surface area contributed by atoms with Gasteiger partial charge in [-0.2, -0.15) is 0 Å². The van der Waals surface area contributed by atoms with E-state index < -0.39 is 6.10 Å². The van der Waals surface area contributed by atoms with E-state index in [9.17, 15) is 14.7 Å². The molecule has 0 bridgehead atoms. The van der Waals surface area contributed by atoms with E-state index in [0.29, 0.717) is 30.8 Å². The highest BCUT2D eigenvalue weighted by Crippen LogP contribution is 2.29. The minimum Gasteiger partial charge on any atom is -1.00 e. The van der Waals surface area contributed by atoms with Gasteiger partial charge in [0.15, 0.2) is 0 Å². The van der Waals surface area contributed by atoms with Crippen LogP contribution in [0.3, 0.4) is 0 Å². The first-order valence-electron chi connectivity index (χ1n) is 12.9. The molecule has 1 unspecified atom stereocenters. The van der Waals surface area contributed by atoms with Crippen LogP contribution in [0.25, 0.3) is 10.8 Å². The third-order valence-corrected chi connectivity index (χ3v) is 7.20. The predicted molar refractivity (Wildman–Crippen MR) is 144 cm³/mol. The number of amides is 2. The van der Waals surface area contributed by atoms with Crippen LogP contribution in [0.1, 0.15) is 26.3 Å². The third-order valence-electron chi connectivity index (χ3n) is 7.20. The largest absolute Gasteiger partial charge is 1.00 e. The number of halogens is 1. The van der Waals surface area contributed by atoms with Gasteiger partial charge in [0.25, 0.3) is 11.8 Å². The van der Waals surface area contributed by atoms with Gasteiger partial charge in [-0.3, -0.25) is 24.3 Å². The molecule has 7 nitrogen and oxygen atoms in total. The highest BCUT2D eigenvalue weighted by molar-refractivity contribution is 6.25. The number of ether oxygens (including phenoxy) is 1. The molecule has 3 aromatic carbocycles. The van der Waals surface area contributed by atoms with Crippen molar-refractivity contribution in [2.75, 3.05) is 52.4 Å². The lowest BCUT2D eigenvalue weighted by Gasteiger charge is -2.36. The number of aliphatic hydroxyl groups is 1. The molecule has 38 heavy (non-hydrogen) atoms. The van der Waals surface area contributed by atoms with E-state index >= 15 is 0 Å². The molecule has 3 aromatic rings. The van der Waals surface area contributed by atoms with Crippen molar-refractivity contribution in [2.24, 2.45) is 0 Å². The summed E-state index contributed by atoms with van der Waals surface area (Å²) in [6.45, 7) is 8.83. The molecule has 8 heteroatoms. The first-order valence-corrected chi connectivity index (χ1v) is 12.9. The van der Waals surface area contributed by atoms with Crippen molar-refractivity contribution >= 4 is 22.6 Å². The fourth-order valence-electron chi connectivity index (χ4n) is 5.23. The van der Waals surface area contributed by atoms with Crippen LogP contribution in [0, 0.1) is 0 Å². The molecular formula is C30H33ClN3O4-. The summed E-state index contributed by atoms with van der Waals surface area (Å²) in [5.74, 6) is 0.350. The van der Waals surface area contributed by atoms with E-state index in [0.717, 1.165) is 54.7 Å². The first kappa shape index (κ1) is 27.8. The smallest absolute Gasteiger partial charge is 0.261 e. The Morgan fingerprint density at radius 3 is 2.16 bits per heavy atom. The lowest BCUT2D eigenvalue weighted by atomic mass is 9.94. The average molecular weight is 535 g/mol. The molecule has 1 N–H and O–H groups in total. The minimum atomic E-state index is -0.588. The molecule has 1 fully saturated rings. The molecule has 2 aliphatic heterocycles. The van der Waals surface area contributed by atoms with Gasteiger partial charge in [-0.15, -0.1) is 6.58 Å². The number of benzene rings is 3. The lowest BCUT2D eigenvalue weighted by molar-refractivity contribution is -0.0000341. The van der Waals surface area contributed by atoms with Crippen molar-refractivity contribution < 1.29 is 31.8 Å². The Kier molecular flexibility index (Phi) is 9.17. The van der Waals surface area contributed by atoms with E-state index in [4.69, 9.17) is 4.74 Å². The van der Waals surface area contributed by atoms with Gasteiger partial charge in [-0.05, 0) is 35.6 Å². The summed E-state index contributed by atoms with van der Waals surface area (Å²) >= 11 is 0. The van der Waals surface area contributed by atoms with Gasteiger partial charge >= 0.3 is 0 Å². The van der Waals surface area contributed by atoms with Crippen molar-refractivity contribution in [3.05, 3.63) is 90.0 Å². The highest BCUT2D eigenvalue weighted by atomic mass is 35.5. The number of hydrogen-bond acceptors (Lipinski definition) is 6. The van der Waals surface area contributed by atoms with Gasteiger partial charge in [0.2, 0.25) is 0 Å². The molecule has 0 spiro atoms. The summed E-state index contributed by atoms with van der Waals surface area (Å²) in [7, 11) is 0. The van der Waals surface area contributed by atoms with Crippen LogP contribution >= 0.6 is 0 Å². The highest BCUT2D eigenvalue weighted by Gasteiger charge is 2.33. The zero-order valence-corrected chi connectivity index (χ0v) is 22.1. The van der Waals surface area contributed by atoms with Gasteiger partial charge in [-0.1, -0.05) is 48.5 Å². The second-order valence-corrected chi connectivity index (χ2v) is 9.68. The van der Waals surface area contributed by atoms with Crippen LogP contribution in [-0.4, -0.2) is 90.1 Å². The first-order chi connectivity index (χ1) is 18.0. The third kappa shape index (κ3) is 5.92. The van der Waals surface area contributed by atoms with E-state index in [1.165, 1.54) is 4.90 Å². The monoisotopic (exact) mass is 534 g/mol. The molecule has 1 saturated heterocycles. The number of imide groups is 1. The zero-order valence-electron chi connectivity index (χ0n) is 21.4. The number of aliphatic hydroxyl groups excluding tert-OH is 1. The molecule has 0 aliphatic carbocycles. The molecule has 5 rings (SSSR count). The number of β-amino-alcohol motifs (C(OH)–C–C–N with tert-alkyl or cyclic N) is 1. The molecule has 0 radical (unpaired) electrons. The summed E-state index contributed by atoms with van der Waals surface area (Å²) in [6.07, 6.45) is 1.98. The SMILES string of the molecule is C=CCc1ccccc1OCC(O)CN1CCN(CCN2C(=O)c3cccc4cccc(c34)C2=O)CC1.[Cl-]. The van der Waals surface area contributed by atoms with Crippen molar-refractivity contribution in [3.8, 4) is 5.75 Å². The number of piperazine rings is 1. The van der Waals surface area contributed by atoms with Crippen LogP contribution in [0.15, 0.2) is 73.3 Å². The molecule has 2 aliphatic rings. The van der Waals surface area contributed by atoms with Crippen LogP contribution in [0.5, 0.6) is 5.75 Å². The quantitative estimate of drug-likeness (QED) is 0.296. The molecular weight excluding hydrogens is 502 g/mol. The number of rotatable bonds is 10. The van der Waals surface area contributed by atoms with Crippen molar-refractivity contribution in [1.82, 2.24) is 14.7 Å². The van der Waals surface area contributed by atoms with Crippen molar-refractivity contribution in [1.29, 1.82) is 0 Å². The number of carbonyl (C=O) groups excluding carboxylic acids is 2. The van der Waals surface area contributed by atoms with E-state index in [1.54, 1.807) is 12.1 Å². The number of carbonyl (C=O) groups is 2. The maximum Gasteiger partial charge on any atom is 0.261 e. The number of hydrogen-bond donors (Lipinski definition) is 1. The molecule has 0 aromatic heterocycles. The summed E-state index contributed by atoms with van der Waals surface area (Å²) in [5.41, 5.74) is 2.26. The van der Waals surface area contributed by atoms with Crippen LogP contribution < -0.4 is 17.1 Å². The normalized spacial score (nSPS) is 16.8. The van der Waals surface area contributed by atoms with E-state index in [1.807, 2.05) is 54.6 Å². The summed E-state index contributed by atoms with van der Waals surface area (Å²) in [4.78, 5) is 32.1. The maximum atomic E-state index is 13.1. The van der Waals surface area contributed by atoms with Gasteiger partial charge in [0, 0.05) is 62.3 Å². The number of para-hydroxylation sites is 1. The fraction of sp³-hybridized carbons (Fsp3) is 0.333. The van der Waals surface area contributed by atoms with Crippen LogP contribution in [-0.2, 0) is 6.42 Å². The van der Waals surface area contributed by atoms with Crippen LogP contribution in [0.4, 0.5) is 0 Å². The van der Waals surface area contributed by atoms with Gasteiger partial charge in [0.05, 0.1) is 0 Å². The minimum absolute atomic E-state index is 0. The summed E-state index contributed by atoms with van der Waals surface area (Å²) in [5, 5.41) is 12.2. The Balaban J connectivity index is 0.00000336. The second kappa shape index (κ2) is 12.5. The molecule has 2 amide bonds. The Morgan fingerprint density at radius 2 is 1.50 bits per heavy atom. The van der Waals surface area contributed by atoms with Gasteiger partial charge in [-0.25, -0.2) is 0 Å². The zero-order chi connectivity index (χ0) is 25.8. The fourth-order valence-corrected chi connectivity index (χ4v) is 5.23. The number of allylic oxidation sites excluding steroid dienone is 1. The lowest BCUT2D eigenvalue weighted by Crippen LogP contribution is -3.00. The molecule has 200 valence electrons. The number of nitrogens with zero attached hydrogens (tertiary/aromatic N) is 3. The van der Waals surface area contributed by atoms with Gasteiger partial charge < -0.3 is 22.3 Å². The average Bonchev–Trinajstić information content (AvgIpc) is 2.92. The summed E-state index contributed by atoms with van der Waals surface area (Å²) in [6, 6.07) is 19.0. The molecule has 0 saturated carbocycles. The van der Waals surface area contributed by atoms with E-state index in [-0.39, 0.29) is 30.8 Å². The predicted octanol–water partition coefficient (Wildman–Crippen LogP) is 0.226. The Morgan fingerprint density at radius 1 is 0.868 bits per heavy atom. The standard InChI is InChI=1S/C30H33N3O4.ClH/c1-2-7-22-8-3-4-13-27(22)37-21-24(34)20-32-16-14-31(15-17-32)18-19-33-29(35)25-11-5-9-23-10-6-12-26(28(23)25)30(33)36;/h2-6,8-13,24,34H,1,7,14-21H2;1H/p-1. The molecule has 1 atom stereocenters. The molecule has 2 heterocycles. The van der Waals surface area contributed by atoms with E-state index in [2.05, 4.69) is 16.4 Å². The van der Waals surface area contributed by atoms with Crippen molar-refractivity contribution in [3.63, 3.8) is 0 Å². The maximum absolute atomic E-state index is 13.1. The Hall–Kier alpha value is -3.23.